The Balaban J connectivity index is 2.08. The molecule has 96 valence electrons. The number of aromatic nitrogens is 4. The van der Waals surface area contributed by atoms with Crippen molar-refractivity contribution in [3.05, 3.63) is 51.1 Å². The van der Waals surface area contributed by atoms with Crippen LogP contribution in [-0.2, 0) is 6.54 Å². The van der Waals surface area contributed by atoms with Crippen molar-refractivity contribution < 1.29 is 4.52 Å². The molecule has 3 rings (SSSR count). The third-order valence-electron chi connectivity index (χ3n) is 2.67. The molecule has 6 nitrogen and oxygen atoms in total. The van der Waals surface area contributed by atoms with Gasteiger partial charge in [0.05, 0.1) is 23.8 Å². The first-order valence-corrected chi connectivity index (χ1v) is 6.37. The Morgan fingerprint density at radius 1 is 1.42 bits per heavy atom. The van der Waals surface area contributed by atoms with Crippen molar-refractivity contribution in [2.75, 3.05) is 0 Å². The smallest absolute Gasteiger partial charge is 0.261 e. The van der Waals surface area contributed by atoms with Gasteiger partial charge < -0.3 is 4.52 Å². The molecule has 0 aliphatic heterocycles. The highest BCUT2D eigenvalue weighted by atomic mass is 79.9. The molecule has 0 aliphatic rings. The van der Waals surface area contributed by atoms with E-state index in [4.69, 9.17) is 4.52 Å². The van der Waals surface area contributed by atoms with Gasteiger partial charge in [-0.3, -0.25) is 9.36 Å². The molecule has 2 heterocycles. The van der Waals surface area contributed by atoms with E-state index in [0.717, 1.165) is 4.47 Å². The van der Waals surface area contributed by atoms with E-state index in [2.05, 4.69) is 31.1 Å². The van der Waals surface area contributed by atoms with Crippen LogP contribution in [0.15, 0.2) is 38.3 Å². The fourth-order valence-corrected chi connectivity index (χ4v) is 2.15. The Morgan fingerprint density at radius 3 is 3.00 bits per heavy atom. The van der Waals surface area contributed by atoms with Crippen molar-refractivity contribution in [1.29, 1.82) is 0 Å². The first-order valence-electron chi connectivity index (χ1n) is 5.57. The Labute approximate surface area is 116 Å². The summed E-state index contributed by atoms with van der Waals surface area (Å²) in [6, 6.07) is 5.36. The lowest BCUT2D eigenvalue weighted by Gasteiger charge is -2.03. The largest absolute Gasteiger partial charge is 0.340 e. The summed E-state index contributed by atoms with van der Waals surface area (Å²) in [6.45, 7) is 1.95. The predicted octanol–water partition coefficient (Wildman–Crippen LogP) is 1.90. The molecule has 0 unspecified atom stereocenters. The number of aryl methyl sites for hydroxylation is 1. The van der Waals surface area contributed by atoms with Crippen molar-refractivity contribution >= 4 is 26.8 Å². The van der Waals surface area contributed by atoms with E-state index in [0.29, 0.717) is 22.6 Å². The van der Waals surface area contributed by atoms with E-state index < -0.39 is 0 Å². The minimum Gasteiger partial charge on any atom is -0.340 e. The van der Waals surface area contributed by atoms with Gasteiger partial charge in [-0.2, -0.15) is 4.98 Å². The van der Waals surface area contributed by atoms with Crippen LogP contribution in [0.2, 0.25) is 0 Å². The molecule has 0 atom stereocenters. The zero-order valence-electron chi connectivity index (χ0n) is 10.00. The Kier molecular flexibility index (Phi) is 2.90. The van der Waals surface area contributed by atoms with E-state index in [1.54, 1.807) is 19.1 Å². The number of benzene rings is 1. The fourth-order valence-electron chi connectivity index (χ4n) is 1.80. The van der Waals surface area contributed by atoms with E-state index in [1.807, 2.05) is 6.07 Å². The number of rotatable bonds is 2. The third-order valence-corrected chi connectivity index (χ3v) is 3.16. The molecule has 0 radical (unpaired) electrons. The van der Waals surface area contributed by atoms with Gasteiger partial charge in [-0.25, -0.2) is 4.98 Å². The third kappa shape index (κ3) is 2.28. The number of fused-ring (bicyclic) bond motifs is 1. The average molecular weight is 321 g/mol. The van der Waals surface area contributed by atoms with E-state index >= 15 is 0 Å². The number of nitrogens with zero attached hydrogens (tertiary/aromatic N) is 4. The van der Waals surface area contributed by atoms with Crippen molar-refractivity contribution in [3.63, 3.8) is 0 Å². The van der Waals surface area contributed by atoms with Crippen LogP contribution in [0, 0.1) is 6.92 Å². The Bertz CT molecular complexity index is 809. The fraction of sp³-hybridized carbons (Fsp3) is 0.167. The summed E-state index contributed by atoms with van der Waals surface area (Å²) < 4.78 is 7.22. The van der Waals surface area contributed by atoms with Gasteiger partial charge in [0.2, 0.25) is 5.89 Å². The van der Waals surface area contributed by atoms with Crippen LogP contribution >= 0.6 is 15.9 Å². The molecule has 0 bridgehead atoms. The Hall–Kier alpha value is -2.02. The van der Waals surface area contributed by atoms with Gasteiger partial charge in [0.25, 0.3) is 5.56 Å². The molecule has 0 amide bonds. The highest BCUT2D eigenvalue weighted by molar-refractivity contribution is 9.10. The van der Waals surface area contributed by atoms with Gasteiger partial charge in [0.15, 0.2) is 5.82 Å². The predicted molar refractivity (Wildman–Crippen MR) is 71.8 cm³/mol. The van der Waals surface area contributed by atoms with Crippen LogP contribution in [0.1, 0.15) is 11.7 Å². The van der Waals surface area contributed by atoms with E-state index in [-0.39, 0.29) is 12.1 Å². The zero-order chi connectivity index (χ0) is 13.4. The molecule has 0 N–H and O–H groups in total. The Morgan fingerprint density at radius 2 is 2.26 bits per heavy atom. The van der Waals surface area contributed by atoms with Gasteiger partial charge in [-0.05, 0) is 18.2 Å². The molecule has 0 spiro atoms. The van der Waals surface area contributed by atoms with E-state index in [1.165, 1.54) is 10.9 Å². The van der Waals surface area contributed by atoms with Gasteiger partial charge in [-0.15, -0.1) is 0 Å². The summed E-state index contributed by atoms with van der Waals surface area (Å²) in [5.41, 5.74) is 0.528. The topological polar surface area (TPSA) is 73.8 Å². The minimum atomic E-state index is -0.125. The quantitative estimate of drug-likeness (QED) is 0.721. The maximum atomic E-state index is 12.3. The van der Waals surface area contributed by atoms with Gasteiger partial charge in [0, 0.05) is 11.4 Å². The standard InChI is InChI=1S/C12H9BrN4O2/c1-7-15-11(16-19-7)5-17-6-14-10-4-8(13)2-3-9(10)12(17)18/h2-4,6H,5H2,1H3. The second-order valence-electron chi connectivity index (χ2n) is 4.07. The summed E-state index contributed by atoms with van der Waals surface area (Å²) in [5, 5.41) is 4.33. The van der Waals surface area contributed by atoms with Crippen molar-refractivity contribution in [3.8, 4) is 0 Å². The summed E-state index contributed by atoms with van der Waals surface area (Å²) in [7, 11) is 0. The minimum absolute atomic E-state index is 0.125. The molecule has 0 saturated heterocycles. The monoisotopic (exact) mass is 320 g/mol. The SMILES string of the molecule is Cc1nc(Cn2cnc3cc(Br)ccc3c2=O)no1. The first kappa shape index (κ1) is 12.0. The highest BCUT2D eigenvalue weighted by Gasteiger charge is 2.08. The second-order valence-corrected chi connectivity index (χ2v) is 4.98. The van der Waals surface area contributed by atoms with Gasteiger partial charge in [-0.1, -0.05) is 21.1 Å². The lowest BCUT2D eigenvalue weighted by atomic mass is 10.2. The maximum absolute atomic E-state index is 12.3. The molecule has 7 heteroatoms. The van der Waals surface area contributed by atoms with E-state index in [9.17, 15) is 4.79 Å². The molecular formula is C12H9BrN4O2. The summed E-state index contributed by atoms with van der Waals surface area (Å²) in [4.78, 5) is 20.6. The van der Waals surface area contributed by atoms with Crippen LogP contribution in [0.4, 0.5) is 0 Å². The van der Waals surface area contributed by atoms with Crippen molar-refractivity contribution in [2.24, 2.45) is 0 Å². The highest BCUT2D eigenvalue weighted by Crippen LogP contribution is 2.14. The normalized spacial score (nSPS) is 11.1. The lowest BCUT2D eigenvalue weighted by molar-refractivity contribution is 0.386. The summed E-state index contributed by atoms with van der Waals surface area (Å²) >= 11 is 3.35. The second kappa shape index (κ2) is 4.58. The van der Waals surface area contributed by atoms with Gasteiger partial charge >= 0.3 is 0 Å². The molecule has 0 aliphatic carbocycles. The zero-order valence-corrected chi connectivity index (χ0v) is 11.6. The molecule has 2 aromatic heterocycles. The van der Waals surface area contributed by atoms with Gasteiger partial charge in [0.1, 0.15) is 0 Å². The molecule has 0 saturated carbocycles. The van der Waals surface area contributed by atoms with Crippen LogP contribution in [-0.4, -0.2) is 19.7 Å². The van der Waals surface area contributed by atoms with Crippen LogP contribution in [0.25, 0.3) is 10.9 Å². The number of hydrogen-bond donors (Lipinski definition) is 0. The average Bonchev–Trinajstić information content (AvgIpc) is 2.78. The molecular weight excluding hydrogens is 312 g/mol. The molecule has 19 heavy (non-hydrogen) atoms. The molecule has 0 fully saturated rings. The van der Waals surface area contributed by atoms with Crippen molar-refractivity contribution in [2.45, 2.75) is 13.5 Å². The molecule has 1 aromatic carbocycles. The molecule has 3 aromatic rings. The maximum Gasteiger partial charge on any atom is 0.261 e. The summed E-state index contributed by atoms with van der Waals surface area (Å²) in [5.74, 6) is 0.929. The number of halogens is 1. The van der Waals surface area contributed by atoms with Crippen molar-refractivity contribution in [1.82, 2.24) is 19.7 Å². The van der Waals surface area contributed by atoms with Crippen LogP contribution in [0.5, 0.6) is 0 Å². The lowest BCUT2D eigenvalue weighted by Crippen LogP contribution is -2.21. The first-order chi connectivity index (χ1) is 9.13. The van der Waals surface area contributed by atoms with Crippen LogP contribution < -0.4 is 5.56 Å². The van der Waals surface area contributed by atoms with Crippen LogP contribution in [0.3, 0.4) is 0 Å². The summed E-state index contributed by atoms with van der Waals surface area (Å²) in [6.07, 6.45) is 1.49. The number of hydrogen-bond acceptors (Lipinski definition) is 5.